The van der Waals surface area contributed by atoms with Gasteiger partial charge < -0.3 is 0 Å². The van der Waals surface area contributed by atoms with Gasteiger partial charge in [-0.2, -0.15) is 0 Å². The van der Waals surface area contributed by atoms with E-state index in [1.165, 1.54) is 0 Å². The van der Waals surface area contributed by atoms with Crippen LogP contribution in [-0.4, -0.2) is 8.42 Å². The van der Waals surface area contributed by atoms with Crippen LogP contribution in [0, 0.1) is 6.07 Å². The highest BCUT2D eigenvalue weighted by molar-refractivity contribution is 7.71. The van der Waals surface area contributed by atoms with Crippen molar-refractivity contribution in [3.05, 3.63) is 34.9 Å². The molecule has 0 aliphatic rings. The molecule has 0 unspecified atom stereocenters. The predicted molar refractivity (Wildman–Crippen MR) is 44.3 cm³/mol. The van der Waals surface area contributed by atoms with Crippen LogP contribution >= 0.6 is 11.6 Å². The number of halogens is 1. The summed E-state index contributed by atoms with van der Waals surface area (Å²) in [5, 5.41) is 0.475. The zero-order chi connectivity index (χ0) is 8.27. The minimum atomic E-state index is -2.40. The fourth-order valence-corrected chi connectivity index (χ4v) is 1.52. The molecule has 0 saturated heterocycles. The number of hydrogen-bond donors (Lipinski definition) is 1. The Balaban J connectivity index is 2.94. The Morgan fingerprint density at radius 3 is 2.82 bits per heavy atom. The maximum atomic E-state index is 10.3. The molecule has 4 heteroatoms. The number of thiol groups is 1. The fourth-order valence-electron chi connectivity index (χ4n) is 0.706. The maximum Gasteiger partial charge on any atom is 0.144 e. The second-order valence-corrected chi connectivity index (χ2v) is 3.40. The van der Waals surface area contributed by atoms with E-state index in [4.69, 9.17) is 11.6 Å². The average Bonchev–Trinajstić information content (AvgIpc) is 1.93. The van der Waals surface area contributed by atoms with Crippen molar-refractivity contribution in [2.75, 3.05) is 0 Å². The van der Waals surface area contributed by atoms with Gasteiger partial charge in [-0.15, -0.1) is 0 Å². The standard InChI is InChI=1S/C7H6ClO2S/c8-7-4-2-1-3-6(7)5-11(9)10/h2-4,11H,5H2. The Labute approximate surface area is 71.8 Å². The van der Waals surface area contributed by atoms with E-state index < -0.39 is 10.7 Å². The average molecular weight is 190 g/mol. The minimum absolute atomic E-state index is 0.00843. The van der Waals surface area contributed by atoms with Gasteiger partial charge in [0.2, 0.25) is 0 Å². The monoisotopic (exact) mass is 189 g/mol. The first kappa shape index (κ1) is 8.56. The maximum absolute atomic E-state index is 10.3. The lowest BCUT2D eigenvalue weighted by molar-refractivity contribution is 0.614. The molecule has 1 aromatic carbocycles. The third-order valence-corrected chi connectivity index (χ3v) is 2.16. The summed E-state index contributed by atoms with van der Waals surface area (Å²) in [5.41, 5.74) is 0.602. The number of benzene rings is 1. The van der Waals surface area contributed by atoms with Crippen LogP contribution in [-0.2, 0) is 16.5 Å². The van der Waals surface area contributed by atoms with E-state index in [1.54, 1.807) is 18.2 Å². The SMILES string of the molecule is O=[SH](=O)Cc1c[c]ccc1Cl. The Hall–Kier alpha value is -0.540. The zero-order valence-corrected chi connectivity index (χ0v) is 7.23. The van der Waals surface area contributed by atoms with Crippen molar-refractivity contribution in [2.24, 2.45) is 0 Å². The Bertz CT molecular complexity index is 312. The quantitative estimate of drug-likeness (QED) is 0.711. The lowest BCUT2D eigenvalue weighted by Crippen LogP contribution is -1.86. The summed E-state index contributed by atoms with van der Waals surface area (Å²) in [5.74, 6) is -0.00843. The van der Waals surface area contributed by atoms with Crippen LogP contribution < -0.4 is 0 Å². The third-order valence-electron chi connectivity index (χ3n) is 1.19. The molecule has 0 saturated carbocycles. The molecule has 59 valence electrons. The second-order valence-electron chi connectivity index (χ2n) is 2.01. The number of rotatable bonds is 2. The van der Waals surface area contributed by atoms with Crippen LogP contribution in [0.1, 0.15) is 5.56 Å². The number of hydrogen-bond acceptors (Lipinski definition) is 2. The highest BCUT2D eigenvalue weighted by Gasteiger charge is 1.98. The summed E-state index contributed by atoms with van der Waals surface area (Å²) < 4.78 is 20.6. The first-order valence-corrected chi connectivity index (χ1v) is 4.70. The van der Waals surface area contributed by atoms with Gasteiger partial charge in [-0.25, -0.2) is 8.42 Å². The Morgan fingerprint density at radius 1 is 1.55 bits per heavy atom. The van der Waals surface area contributed by atoms with Crippen molar-refractivity contribution in [2.45, 2.75) is 5.75 Å². The molecule has 0 fully saturated rings. The van der Waals surface area contributed by atoms with Gasteiger partial charge in [0.1, 0.15) is 10.7 Å². The van der Waals surface area contributed by atoms with Gasteiger partial charge in [0, 0.05) is 5.02 Å². The molecule has 1 radical (unpaired) electrons. The smallest absolute Gasteiger partial charge is 0.144 e. The predicted octanol–water partition coefficient (Wildman–Crippen LogP) is 1.25. The van der Waals surface area contributed by atoms with Gasteiger partial charge in [0.05, 0.1) is 5.75 Å². The van der Waals surface area contributed by atoms with Gasteiger partial charge in [0.15, 0.2) is 0 Å². The molecule has 0 aliphatic heterocycles. The molecular weight excluding hydrogens is 184 g/mol. The van der Waals surface area contributed by atoms with Crippen LogP contribution in [0.5, 0.6) is 0 Å². The van der Waals surface area contributed by atoms with E-state index in [2.05, 4.69) is 6.07 Å². The third kappa shape index (κ3) is 2.52. The molecular formula is C7H6ClO2S. The largest absolute Gasteiger partial charge is 0.232 e. The van der Waals surface area contributed by atoms with E-state index in [0.29, 0.717) is 10.6 Å². The first-order chi connectivity index (χ1) is 5.20. The van der Waals surface area contributed by atoms with Gasteiger partial charge in [-0.1, -0.05) is 17.7 Å². The minimum Gasteiger partial charge on any atom is -0.232 e. The molecule has 0 amide bonds. The summed E-state index contributed by atoms with van der Waals surface area (Å²) in [6, 6.07) is 7.60. The summed E-state index contributed by atoms with van der Waals surface area (Å²) in [6.07, 6.45) is 0. The molecule has 2 nitrogen and oxygen atoms in total. The molecule has 1 rings (SSSR count). The Morgan fingerprint density at radius 2 is 2.27 bits per heavy atom. The first-order valence-electron chi connectivity index (χ1n) is 2.96. The van der Waals surface area contributed by atoms with Crippen molar-refractivity contribution < 1.29 is 8.42 Å². The van der Waals surface area contributed by atoms with Gasteiger partial charge in [-0.05, 0) is 23.8 Å². The van der Waals surface area contributed by atoms with Gasteiger partial charge in [-0.3, -0.25) is 0 Å². The van der Waals surface area contributed by atoms with Crippen LogP contribution in [0.4, 0.5) is 0 Å². The lowest BCUT2D eigenvalue weighted by atomic mass is 10.2. The van der Waals surface area contributed by atoms with E-state index in [1.807, 2.05) is 0 Å². The molecule has 0 spiro atoms. The van der Waals surface area contributed by atoms with Crippen molar-refractivity contribution in [3.63, 3.8) is 0 Å². The van der Waals surface area contributed by atoms with Crippen LogP contribution in [0.25, 0.3) is 0 Å². The second kappa shape index (κ2) is 3.74. The van der Waals surface area contributed by atoms with Gasteiger partial charge in [0.25, 0.3) is 0 Å². The zero-order valence-electron chi connectivity index (χ0n) is 5.58. The molecule has 0 N–H and O–H groups in total. The van der Waals surface area contributed by atoms with Gasteiger partial charge >= 0.3 is 0 Å². The fraction of sp³-hybridized carbons (Fsp3) is 0.143. The van der Waals surface area contributed by atoms with E-state index >= 15 is 0 Å². The summed E-state index contributed by atoms with van der Waals surface area (Å²) >= 11 is 5.68. The van der Waals surface area contributed by atoms with Crippen molar-refractivity contribution >= 4 is 22.3 Å². The van der Waals surface area contributed by atoms with Crippen LogP contribution in [0.3, 0.4) is 0 Å². The summed E-state index contributed by atoms with van der Waals surface area (Å²) in [4.78, 5) is 0. The Kier molecular flexibility index (Phi) is 2.91. The topological polar surface area (TPSA) is 34.1 Å². The van der Waals surface area contributed by atoms with Crippen molar-refractivity contribution in [1.29, 1.82) is 0 Å². The van der Waals surface area contributed by atoms with E-state index in [9.17, 15) is 8.42 Å². The lowest BCUT2D eigenvalue weighted by Gasteiger charge is -1.95. The molecule has 0 atom stereocenters. The van der Waals surface area contributed by atoms with Crippen LogP contribution in [0.15, 0.2) is 18.2 Å². The normalized spacial score (nSPS) is 10.4. The molecule has 11 heavy (non-hydrogen) atoms. The van der Waals surface area contributed by atoms with Crippen molar-refractivity contribution in [1.82, 2.24) is 0 Å². The molecule has 0 aromatic heterocycles. The summed E-state index contributed by atoms with van der Waals surface area (Å²) in [7, 11) is -2.40. The van der Waals surface area contributed by atoms with Crippen molar-refractivity contribution in [3.8, 4) is 0 Å². The molecule has 1 aromatic rings. The summed E-state index contributed by atoms with van der Waals surface area (Å²) in [6.45, 7) is 0. The molecule has 0 bridgehead atoms. The van der Waals surface area contributed by atoms with E-state index in [-0.39, 0.29) is 5.75 Å². The highest BCUT2D eigenvalue weighted by atomic mass is 35.5. The highest BCUT2D eigenvalue weighted by Crippen LogP contribution is 2.14. The van der Waals surface area contributed by atoms with Crippen LogP contribution in [0.2, 0.25) is 5.02 Å². The molecule has 0 aliphatic carbocycles. The van der Waals surface area contributed by atoms with E-state index in [0.717, 1.165) is 0 Å². The molecule has 0 heterocycles.